The highest BCUT2D eigenvalue weighted by atomic mass is 79.9. The van der Waals surface area contributed by atoms with Crippen molar-refractivity contribution in [2.45, 2.75) is 39.0 Å². The van der Waals surface area contributed by atoms with Gasteiger partial charge in [0.2, 0.25) is 0 Å². The molecule has 1 fully saturated rings. The minimum atomic E-state index is 0.575. The molecule has 0 aromatic carbocycles. The summed E-state index contributed by atoms with van der Waals surface area (Å²) in [6.07, 6.45) is 6.84. The molecule has 0 unspecified atom stereocenters. The maximum atomic E-state index is 3.99. The summed E-state index contributed by atoms with van der Waals surface area (Å²) in [5.74, 6) is 0. The molecule has 0 nitrogen and oxygen atoms in total. The van der Waals surface area contributed by atoms with E-state index in [1.807, 2.05) is 0 Å². The Balaban J connectivity index is 2.52. The minimum Gasteiger partial charge on any atom is -0.100 e. The fourth-order valence-electron chi connectivity index (χ4n) is 2.12. The van der Waals surface area contributed by atoms with Crippen LogP contribution in [0.1, 0.15) is 39.0 Å². The SMILES string of the molecule is C=C(C)CC1(CBr)CCCC1. The summed E-state index contributed by atoms with van der Waals surface area (Å²) in [6.45, 7) is 6.13. The molecule has 0 aromatic rings. The first-order valence-corrected chi connectivity index (χ1v) is 5.51. The number of halogens is 1. The first-order valence-electron chi connectivity index (χ1n) is 4.39. The van der Waals surface area contributed by atoms with Gasteiger partial charge in [-0.05, 0) is 31.6 Å². The fraction of sp³-hybridized carbons (Fsp3) is 0.800. The van der Waals surface area contributed by atoms with Gasteiger partial charge in [-0.3, -0.25) is 0 Å². The molecule has 0 amide bonds. The van der Waals surface area contributed by atoms with E-state index in [1.54, 1.807) is 0 Å². The zero-order valence-corrected chi connectivity index (χ0v) is 8.91. The van der Waals surface area contributed by atoms with Gasteiger partial charge in [-0.1, -0.05) is 34.3 Å². The highest BCUT2D eigenvalue weighted by molar-refractivity contribution is 9.09. The molecule has 11 heavy (non-hydrogen) atoms. The van der Waals surface area contributed by atoms with Crippen LogP contribution in [0.25, 0.3) is 0 Å². The highest BCUT2D eigenvalue weighted by Gasteiger charge is 2.32. The molecular weight excluding hydrogens is 200 g/mol. The second-order valence-electron chi connectivity index (χ2n) is 3.97. The topological polar surface area (TPSA) is 0 Å². The molecular formula is C10H17Br. The molecule has 0 N–H and O–H groups in total. The van der Waals surface area contributed by atoms with E-state index in [2.05, 4.69) is 29.4 Å². The average Bonchev–Trinajstić information content (AvgIpc) is 2.36. The summed E-state index contributed by atoms with van der Waals surface area (Å²) < 4.78 is 0. The van der Waals surface area contributed by atoms with Crippen molar-refractivity contribution in [2.75, 3.05) is 5.33 Å². The van der Waals surface area contributed by atoms with E-state index in [0.29, 0.717) is 5.41 Å². The van der Waals surface area contributed by atoms with Crippen molar-refractivity contribution in [1.29, 1.82) is 0 Å². The van der Waals surface area contributed by atoms with Crippen LogP contribution in [0, 0.1) is 5.41 Å². The van der Waals surface area contributed by atoms with E-state index in [-0.39, 0.29) is 0 Å². The molecule has 1 saturated carbocycles. The number of alkyl halides is 1. The molecule has 1 aliphatic carbocycles. The molecule has 64 valence electrons. The first-order chi connectivity index (χ1) is 5.18. The van der Waals surface area contributed by atoms with Gasteiger partial charge < -0.3 is 0 Å². The number of hydrogen-bond donors (Lipinski definition) is 0. The smallest absolute Gasteiger partial charge is 0.00910 e. The largest absolute Gasteiger partial charge is 0.100 e. The zero-order chi connectivity index (χ0) is 8.32. The second kappa shape index (κ2) is 3.75. The van der Waals surface area contributed by atoms with Crippen LogP contribution in [-0.2, 0) is 0 Å². The molecule has 0 atom stereocenters. The highest BCUT2D eigenvalue weighted by Crippen LogP contribution is 2.43. The lowest BCUT2D eigenvalue weighted by molar-refractivity contribution is 0.346. The standard InChI is InChI=1S/C10H17Br/c1-9(2)7-10(8-11)5-3-4-6-10/h1,3-8H2,2H3. The van der Waals surface area contributed by atoms with Gasteiger partial charge in [0.15, 0.2) is 0 Å². The second-order valence-corrected chi connectivity index (χ2v) is 4.54. The first kappa shape index (κ1) is 9.31. The van der Waals surface area contributed by atoms with Crippen LogP contribution in [0.5, 0.6) is 0 Å². The molecule has 0 aromatic heterocycles. The molecule has 0 bridgehead atoms. The summed E-state index contributed by atoms with van der Waals surface area (Å²) in [5, 5.41) is 1.16. The van der Waals surface area contributed by atoms with Gasteiger partial charge in [0.1, 0.15) is 0 Å². The van der Waals surface area contributed by atoms with E-state index in [0.717, 1.165) is 5.33 Å². The number of allylic oxidation sites excluding steroid dienone is 1. The van der Waals surface area contributed by atoms with Crippen LogP contribution in [0.4, 0.5) is 0 Å². The third kappa shape index (κ3) is 2.33. The van der Waals surface area contributed by atoms with Crippen LogP contribution in [0.3, 0.4) is 0 Å². The third-order valence-corrected chi connectivity index (χ3v) is 3.81. The van der Waals surface area contributed by atoms with Crippen LogP contribution in [0.2, 0.25) is 0 Å². The maximum Gasteiger partial charge on any atom is 0.00910 e. The number of rotatable bonds is 3. The van der Waals surface area contributed by atoms with Crippen molar-refractivity contribution in [3.8, 4) is 0 Å². The van der Waals surface area contributed by atoms with Gasteiger partial charge in [-0.2, -0.15) is 0 Å². The summed E-state index contributed by atoms with van der Waals surface area (Å²) in [7, 11) is 0. The van der Waals surface area contributed by atoms with E-state index in [1.165, 1.54) is 37.7 Å². The third-order valence-electron chi connectivity index (χ3n) is 2.62. The Hall–Kier alpha value is 0.220. The maximum absolute atomic E-state index is 3.99. The summed E-state index contributed by atoms with van der Waals surface area (Å²) >= 11 is 3.62. The lowest BCUT2D eigenvalue weighted by Crippen LogP contribution is -2.18. The lowest BCUT2D eigenvalue weighted by atomic mass is 9.83. The van der Waals surface area contributed by atoms with E-state index in [9.17, 15) is 0 Å². The molecule has 0 aliphatic heterocycles. The Morgan fingerprint density at radius 2 is 2.00 bits per heavy atom. The van der Waals surface area contributed by atoms with Crippen LogP contribution in [0.15, 0.2) is 12.2 Å². The van der Waals surface area contributed by atoms with E-state index < -0.39 is 0 Å². The predicted octanol–water partition coefficient (Wildman–Crippen LogP) is 3.91. The van der Waals surface area contributed by atoms with Crippen LogP contribution >= 0.6 is 15.9 Å². The Bertz CT molecular complexity index is 143. The quantitative estimate of drug-likeness (QED) is 0.496. The zero-order valence-electron chi connectivity index (χ0n) is 7.33. The Morgan fingerprint density at radius 3 is 2.36 bits per heavy atom. The van der Waals surface area contributed by atoms with Gasteiger partial charge >= 0.3 is 0 Å². The van der Waals surface area contributed by atoms with Crippen molar-refractivity contribution in [3.63, 3.8) is 0 Å². The van der Waals surface area contributed by atoms with Gasteiger partial charge in [-0.25, -0.2) is 0 Å². The van der Waals surface area contributed by atoms with Crippen molar-refractivity contribution in [3.05, 3.63) is 12.2 Å². The summed E-state index contributed by atoms with van der Waals surface area (Å²) in [4.78, 5) is 0. The van der Waals surface area contributed by atoms with E-state index >= 15 is 0 Å². The van der Waals surface area contributed by atoms with Gasteiger partial charge in [0, 0.05) is 5.33 Å². The molecule has 1 aliphatic rings. The number of hydrogen-bond acceptors (Lipinski definition) is 0. The van der Waals surface area contributed by atoms with Gasteiger partial charge in [-0.15, -0.1) is 6.58 Å². The summed E-state index contributed by atoms with van der Waals surface area (Å²) in [6, 6.07) is 0. The fourth-order valence-corrected chi connectivity index (χ4v) is 2.88. The van der Waals surface area contributed by atoms with E-state index in [4.69, 9.17) is 0 Å². The molecule has 1 rings (SSSR count). The molecule has 1 heteroatoms. The van der Waals surface area contributed by atoms with Crippen molar-refractivity contribution < 1.29 is 0 Å². The van der Waals surface area contributed by atoms with Gasteiger partial charge in [0.25, 0.3) is 0 Å². The predicted molar refractivity (Wildman–Crippen MR) is 54.1 cm³/mol. The Morgan fingerprint density at radius 1 is 1.45 bits per heavy atom. The molecule has 0 spiro atoms. The normalized spacial score (nSPS) is 22.0. The van der Waals surface area contributed by atoms with Crippen molar-refractivity contribution in [2.24, 2.45) is 5.41 Å². The lowest BCUT2D eigenvalue weighted by Gasteiger charge is -2.26. The van der Waals surface area contributed by atoms with Gasteiger partial charge in [0.05, 0.1) is 0 Å². The Labute approximate surface area is 78.2 Å². The molecule has 0 saturated heterocycles. The molecule has 0 radical (unpaired) electrons. The monoisotopic (exact) mass is 216 g/mol. The molecule has 0 heterocycles. The van der Waals surface area contributed by atoms with Crippen molar-refractivity contribution in [1.82, 2.24) is 0 Å². The minimum absolute atomic E-state index is 0.575. The van der Waals surface area contributed by atoms with Crippen LogP contribution in [-0.4, -0.2) is 5.33 Å². The van der Waals surface area contributed by atoms with Crippen molar-refractivity contribution >= 4 is 15.9 Å². The Kier molecular flexibility index (Phi) is 3.17. The van der Waals surface area contributed by atoms with Crippen LogP contribution < -0.4 is 0 Å². The summed E-state index contributed by atoms with van der Waals surface area (Å²) in [5.41, 5.74) is 1.91. The average molecular weight is 217 g/mol.